The molecule has 216 valence electrons. The molecule has 0 radical (unpaired) electrons. The molecule has 0 aliphatic heterocycles. The fourth-order valence-electron chi connectivity index (χ4n) is 5.08. The van der Waals surface area contributed by atoms with E-state index in [1.165, 1.54) is 116 Å². The Morgan fingerprint density at radius 3 is 1.44 bits per heavy atom. The van der Waals surface area contributed by atoms with Gasteiger partial charge in [0.1, 0.15) is 6.10 Å². The lowest BCUT2D eigenvalue weighted by molar-refractivity contribution is -0.151. The molecule has 0 heterocycles. The smallest absolute Gasteiger partial charge is 0.306 e. The molecule has 3 nitrogen and oxygen atoms in total. The number of ether oxygens (including phenoxy) is 1. The van der Waals surface area contributed by atoms with E-state index >= 15 is 0 Å². The summed E-state index contributed by atoms with van der Waals surface area (Å²) in [5, 5.41) is 0. The highest BCUT2D eigenvalue weighted by Gasteiger charge is 2.21. The van der Waals surface area contributed by atoms with E-state index in [4.69, 9.17) is 9.16 Å². The molecule has 0 N–H and O–H groups in total. The van der Waals surface area contributed by atoms with Crippen LogP contribution in [-0.4, -0.2) is 27.2 Å². The van der Waals surface area contributed by atoms with E-state index in [1.54, 1.807) is 0 Å². The van der Waals surface area contributed by atoms with Crippen molar-refractivity contribution in [1.29, 1.82) is 0 Å². The first-order valence-corrected chi connectivity index (χ1v) is 19.2. The molecular formula is C32H66O3Si. The molecule has 4 heteroatoms. The minimum absolute atomic E-state index is 0.0231. The summed E-state index contributed by atoms with van der Waals surface area (Å²) in [6.07, 6.45) is 29.8. The molecule has 0 saturated carbocycles. The lowest BCUT2D eigenvalue weighted by atomic mass is 10.00. The van der Waals surface area contributed by atoms with Crippen molar-refractivity contribution in [1.82, 2.24) is 0 Å². The first-order chi connectivity index (χ1) is 17.5. The molecule has 2 unspecified atom stereocenters. The third-order valence-corrected chi connectivity index (χ3v) is 8.21. The van der Waals surface area contributed by atoms with Crippen LogP contribution >= 0.6 is 0 Å². The number of hydrogen-bond donors (Lipinski definition) is 0. The Bertz CT molecular complexity index is 455. The SMILES string of the molecule is CCCCCCCCCCCC(=O)OC(CCCCCCCCCCC)CC(CCCC)O[SiH](C)C. The van der Waals surface area contributed by atoms with E-state index in [0.29, 0.717) is 6.42 Å². The molecule has 2 atom stereocenters. The number of esters is 1. The first kappa shape index (κ1) is 35.6. The van der Waals surface area contributed by atoms with Crippen LogP contribution < -0.4 is 0 Å². The molecule has 0 spiro atoms. The van der Waals surface area contributed by atoms with Crippen LogP contribution in [0, 0.1) is 0 Å². The predicted molar refractivity (Wildman–Crippen MR) is 161 cm³/mol. The van der Waals surface area contributed by atoms with E-state index < -0.39 is 9.04 Å². The van der Waals surface area contributed by atoms with Gasteiger partial charge in [-0.25, -0.2) is 0 Å². The van der Waals surface area contributed by atoms with Gasteiger partial charge in [-0.1, -0.05) is 136 Å². The maximum atomic E-state index is 12.7. The van der Waals surface area contributed by atoms with Crippen LogP contribution in [0.2, 0.25) is 13.1 Å². The average Bonchev–Trinajstić information content (AvgIpc) is 2.84. The molecule has 0 aromatic heterocycles. The van der Waals surface area contributed by atoms with Gasteiger partial charge in [0.2, 0.25) is 0 Å². The number of carbonyl (C=O) groups excluding carboxylic acids is 1. The fraction of sp³-hybridized carbons (Fsp3) is 0.969. The average molecular weight is 527 g/mol. The topological polar surface area (TPSA) is 35.5 Å². The van der Waals surface area contributed by atoms with Gasteiger partial charge < -0.3 is 9.16 Å². The third-order valence-electron chi connectivity index (χ3n) is 7.28. The van der Waals surface area contributed by atoms with E-state index in [0.717, 1.165) is 32.1 Å². The van der Waals surface area contributed by atoms with Gasteiger partial charge in [0.15, 0.2) is 9.04 Å². The van der Waals surface area contributed by atoms with Crippen LogP contribution in [0.15, 0.2) is 0 Å². The number of unbranched alkanes of at least 4 members (excludes halogenated alkanes) is 17. The normalized spacial score (nSPS) is 13.3. The molecule has 0 rings (SSSR count). The Morgan fingerprint density at radius 2 is 0.972 bits per heavy atom. The lowest BCUT2D eigenvalue weighted by Crippen LogP contribution is -2.28. The van der Waals surface area contributed by atoms with Gasteiger partial charge in [0.05, 0.1) is 0 Å². The minimum atomic E-state index is -1.10. The third kappa shape index (κ3) is 25.3. The maximum Gasteiger partial charge on any atom is 0.306 e. The Kier molecular flexibility index (Phi) is 27.4. The first-order valence-electron chi connectivity index (χ1n) is 16.4. The summed E-state index contributed by atoms with van der Waals surface area (Å²) in [7, 11) is -1.10. The second-order valence-electron chi connectivity index (χ2n) is 11.5. The summed E-state index contributed by atoms with van der Waals surface area (Å²) in [5.74, 6) is 0.0231. The van der Waals surface area contributed by atoms with Crippen LogP contribution in [0.25, 0.3) is 0 Å². The number of rotatable bonds is 28. The van der Waals surface area contributed by atoms with Crippen LogP contribution in [0.3, 0.4) is 0 Å². The van der Waals surface area contributed by atoms with Crippen molar-refractivity contribution in [2.75, 3.05) is 0 Å². The van der Waals surface area contributed by atoms with E-state index in [2.05, 4.69) is 33.9 Å². The van der Waals surface area contributed by atoms with Gasteiger partial charge in [0, 0.05) is 18.9 Å². The standard InChI is InChI=1S/C32H66O3Si/c1-6-9-12-14-16-18-20-22-24-27-30(29-31(26-11-8-3)35-36(4)5)34-32(33)28-25-23-21-19-17-15-13-10-7-2/h30-31,36H,6-29H2,1-5H3. The van der Waals surface area contributed by atoms with E-state index in [1.807, 2.05) is 0 Å². The molecule has 0 bridgehead atoms. The molecule has 0 fully saturated rings. The van der Waals surface area contributed by atoms with Gasteiger partial charge in [-0.05, 0) is 38.8 Å². The second kappa shape index (κ2) is 27.7. The number of hydrogen-bond acceptors (Lipinski definition) is 3. The van der Waals surface area contributed by atoms with E-state index in [9.17, 15) is 4.79 Å². The molecule has 36 heavy (non-hydrogen) atoms. The zero-order valence-corrected chi connectivity index (χ0v) is 26.6. The summed E-state index contributed by atoms with van der Waals surface area (Å²) < 4.78 is 12.4. The predicted octanol–water partition coefficient (Wildman–Crippen LogP) is 10.7. The Hall–Kier alpha value is -0.353. The number of carbonyl (C=O) groups is 1. The van der Waals surface area contributed by atoms with Gasteiger partial charge in [-0.3, -0.25) is 4.79 Å². The van der Waals surface area contributed by atoms with Crippen molar-refractivity contribution in [2.45, 2.75) is 200 Å². The van der Waals surface area contributed by atoms with Crippen LogP contribution in [-0.2, 0) is 14.0 Å². The summed E-state index contributed by atoms with van der Waals surface area (Å²) in [4.78, 5) is 12.7. The zero-order valence-electron chi connectivity index (χ0n) is 25.4. The van der Waals surface area contributed by atoms with Crippen molar-refractivity contribution in [2.24, 2.45) is 0 Å². The molecule has 0 aliphatic rings. The second-order valence-corrected chi connectivity index (χ2v) is 13.9. The molecule has 0 aromatic carbocycles. The van der Waals surface area contributed by atoms with Gasteiger partial charge in [-0.2, -0.15) is 0 Å². The Balaban J connectivity index is 4.38. The van der Waals surface area contributed by atoms with Gasteiger partial charge in [0.25, 0.3) is 0 Å². The summed E-state index contributed by atoms with van der Waals surface area (Å²) in [6, 6.07) is 0. The van der Waals surface area contributed by atoms with Gasteiger partial charge >= 0.3 is 5.97 Å². The molecule has 0 saturated heterocycles. The van der Waals surface area contributed by atoms with Crippen molar-refractivity contribution in [3.63, 3.8) is 0 Å². The molecule has 0 aromatic rings. The lowest BCUT2D eigenvalue weighted by Gasteiger charge is -2.26. The fourth-order valence-corrected chi connectivity index (χ4v) is 6.10. The highest BCUT2D eigenvalue weighted by Crippen LogP contribution is 2.21. The zero-order chi connectivity index (χ0) is 26.7. The summed E-state index contributed by atoms with van der Waals surface area (Å²) >= 11 is 0. The Morgan fingerprint density at radius 1 is 0.556 bits per heavy atom. The van der Waals surface area contributed by atoms with Crippen LogP contribution in [0.1, 0.15) is 175 Å². The minimum Gasteiger partial charge on any atom is -0.462 e. The van der Waals surface area contributed by atoms with Crippen LogP contribution in [0.5, 0.6) is 0 Å². The highest BCUT2D eigenvalue weighted by atomic mass is 28.3. The molecular weight excluding hydrogens is 460 g/mol. The van der Waals surface area contributed by atoms with Crippen LogP contribution in [0.4, 0.5) is 0 Å². The van der Waals surface area contributed by atoms with Crippen molar-refractivity contribution >= 4 is 15.0 Å². The largest absolute Gasteiger partial charge is 0.462 e. The van der Waals surface area contributed by atoms with Crippen molar-refractivity contribution < 1.29 is 14.0 Å². The molecule has 0 amide bonds. The quantitative estimate of drug-likeness (QED) is 0.0577. The summed E-state index contributed by atoms with van der Waals surface area (Å²) in [5.41, 5.74) is 0. The maximum absolute atomic E-state index is 12.7. The highest BCUT2D eigenvalue weighted by molar-refractivity contribution is 6.48. The monoisotopic (exact) mass is 526 g/mol. The van der Waals surface area contributed by atoms with Gasteiger partial charge in [-0.15, -0.1) is 0 Å². The van der Waals surface area contributed by atoms with Crippen molar-refractivity contribution in [3.8, 4) is 0 Å². The molecule has 0 aliphatic carbocycles. The van der Waals surface area contributed by atoms with Crippen molar-refractivity contribution in [3.05, 3.63) is 0 Å². The van der Waals surface area contributed by atoms with E-state index in [-0.39, 0.29) is 18.2 Å². The summed E-state index contributed by atoms with van der Waals surface area (Å²) in [6.45, 7) is 11.3. The Labute approximate surface area is 229 Å².